The second-order valence-corrected chi connectivity index (χ2v) is 3.16. The van der Waals surface area contributed by atoms with E-state index in [1.54, 1.807) is 11.6 Å². The second-order valence-electron chi connectivity index (χ2n) is 2.01. The Morgan fingerprint density at radius 2 is 2.75 bits per heavy atom. The average molecular weight is 126 g/mol. The number of carbonyl (C=O) groups excluding carboxylic acids is 1. The van der Waals surface area contributed by atoms with Gasteiger partial charge in [-0.1, -0.05) is 0 Å². The lowest BCUT2D eigenvalue weighted by Crippen LogP contribution is -2.46. The predicted octanol–water partition coefficient (Wildman–Crippen LogP) is -0.132. The van der Waals surface area contributed by atoms with Gasteiger partial charge >= 0.3 is 0 Å². The highest BCUT2D eigenvalue weighted by atomic mass is 32.2. The van der Waals surface area contributed by atoms with Crippen molar-refractivity contribution in [2.75, 3.05) is 6.44 Å². The largest absolute Gasteiger partial charge is 0.427 e. The molecule has 2 saturated heterocycles. The number of fused-ring (bicyclic) bond motifs is 1. The zero-order valence-corrected chi connectivity index (χ0v) is 5.15. The summed E-state index contributed by atoms with van der Waals surface area (Å²) in [5, 5.41) is 0.516. The zero-order chi connectivity index (χ0) is 5.56. The minimum Gasteiger partial charge on any atom is -0.427 e. The van der Waals surface area contributed by atoms with E-state index in [0.29, 0.717) is 11.3 Å². The maximum Gasteiger partial charge on any atom is 0.223 e. The third-order valence-corrected chi connectivity index (χ3v) is 2.62. The number of carbonyl (C=O) groups is 1. The molecule has 2 radical (unpaired) electrons. The minimum absolute atomic E-state index is 0.316. The highest BCUT2D eigenvalue weighted by Gasteiger charge is 2.32. The van der Waals surface area contributed by atoms with E-state index >= 15 is 0 Å². The molecule has 4 heteroatoms. The van der Waals surface area contributed by atoms with Gasteiger partial charge in [0.15, 0.2) is 0 Å². The van der Waals surface area contributed by atoms with Gasteiger partial charge in [0.1, 0.15) is 0 Å². The Bertz CT molecular complexity index is 140. The first kappa shape index (κ1) is 4.73. The number of hydrogen-bond donors (Lipinski definition) is 0. The highest BCUT2D eigenvalue weighted by Crippen LogP contribution is 2.33. The van der Waals surface area contributed by atoms with Crippen molar-refractivity contribution in [1.82, 2.24) is 4.90 Å². The van der Waals surface area contributed by atoms with E-state index in [0.717, 1.165) is 12.9 Å². The van der Waals surface area contributed by atoms with Crippen LogP contribution in [0.4, 0.5) is 0 Å². The SMILES string of the molecule is O=C1C[C@H]2S[B-]CN12. The van der Waals surface area contributed by atoms with Crippen LogP contribution in [0.15, 0.2) is 0 Å². The normalized spacial score (nSPS) is 34.8. The van der Waals surface area contributed by atoms with Gasteiger partial charge < -0.3 is 16.5 Å². The Hall–Kier alpha value is -0.115. The molecule has 2 aliphatic rings. The van der Waals surface area contributed by atoms with E-state index < -0.39 is 0 Å². The van der Waals surface area contributed by atoms with E-state index in [1.807, 2.05) is 4.90 Å². The number of nitrogens with zero attached hydrogens (tertiary/aromatic N) is 1. The van der Waals surface area contributed by atoms with Gasteiger partial charge in [-0.3, -0.25) is 4.79 Å². The molecule has 2 fully saturated rings. The summed E-state index contributed by atoms with van der Waals surface area (Å²) in [5.74, 6) is 0.316. The molecule has 42 valence electrons. The lowest BCUT2D eigenvalue weighted by molar-refractivity contribution is -0.139. The van der Waals surface area contributed by atoms with Crippen LogP contribution in [0.5, 0.6) is 0 Å². The van der Waals surface area contributed by atoms with Crippen molar-refractivity contribution in [3.8, 4) is 0 Å². The van der Waals surface area contributed by atoms with Gasteiger partial charge in [0.2, 0.25) is 5.91 Å². The Kier molecular flexibility index (Phi) is 0.850. The van der Waals surface area contributed by atoms with Crippen LogP contribution in [0.25, 0.3) is 0 Å². The molecule has 1 amide bonds. The van der Waals surface area contributed by atoms with Gasteiger partial charge in [-0.05, 0) is 0 Å². The van der Waals surface area contributed by atoms with Crippen molar-refractivity contribution in [1.29, 1.82) is 0 Å². The standard InChI is InChI=1S/C4H5BNOS/c7-3-1-4-6(3)2-5-8-4/h4H,1-2H2/q-1/t4-/m1/s1. The molecular weight excluding hydrogens is 121 g/mol. The molecule has 0 bridgehead atoms. The Labute approximate surface area is 52.8 Å². The monoisotopic (exact) mass is 126 g/mol. The Morgan fingerprint density at radius 1 is 1.88 bits per heavy atom. The molecule has 0 aromatic rings. The number of hydrogen-bond acceptors (Lipinski definition) is 2. The van der Waals surface area contributed by atoms with E-state index in [-0.39, 0.29) is 0 Å². The minimum atomic E-state index is 0.316. The molecule has 0 N–H and O–H groups in total. The quantitative estimate of drug-likeness (QED) is 0.332. The first-order chi connectivity index (χ1) is 3.88. The topological polar surface area (TPSA) is 20.3 Å². The van der Waals surface area contributed by atoms with Crippen LogP contribution in [0.2, 0.25) is 0 Å². The summed E-state index contributed by atoms with van der Waals surface area (Å²) < 4.78 is 0. The molecule has 8 heavy (non-hydrogen) atoms. The summed E-state index contributed by atoms with van der Waals surface area (Å²) in [6.45, 7) is 2.09. The molecule has 0 saturated carbocycles. The molecule has 0 spiro atoms. The Morgan fingerprint density at radius 3 is 3.25 bits per heavy atom. The summed E-state index contributed by atoms with van der Waals surface area (Å²) in [6, 6.07) is 0. The fraction of sp³-hybridized carbons (Fsp3) is 0.750. The third-order valence-electron chi connectivity index (χ3n) is 1.54. The fourth-order valence-electron chi connectivity index (χ4n) is 1.00. The first-order valence-corrected chi connectivity index (χ1v) is 3.59. The molecule has 2 rings (SSSR count). The van der Waals surface area contributed by atoms with Crippen LogP contribution in [0.1, 0.15) is 6.42 Å². The van der Waals surface area contributed by atoms with Crippen molar-refractivity contribution < 1.29 is 4.79 Å². The van der Waals surface area contributed by atoms with Crippen LogP contribution >= 0.6 is 11.6 Å². The van der Waals surface area contributed by atoms with Gasteiger partial charge in [0.25, 0.3) is 0 Å². The van der Waals surface area contributed by atoms with Gasteiger partial charge in [-0.2, -0.15) is 6.44 Å². The van der Waals surface area contributed by atoms with Gasteiger partial charge in [0.05, 0.1) is 6.42 Å². The zero-order valence-electron chi connectivity index (χ0n) is 4.33. The average Bonchev–Trinajstić information content (AvgIpc) is 2.09. The van der Waals surface area contributed by atoms with Crippen LogP contribution in [0, 0.1) is 0 Å². The molecular formula is C4H5BNOS-. The summed E-state index contributed by atoms with van der Waals surface area (Å²) >= 11 is 1.78. The first-order valence-electron chi connectivity index (χ1n) is 2.64. The number of amides is 1. The van der Waals surface area contributed by atoms with E-state index in [1.165, 1.54) is 0 Å². The molecule has 2 heterocycles. The van der Waals surface area contributed by atoms with Crippen molar-refractivity contribution in [2.45, 2.75) is 11.8 Å². The molecule has 2 aliphatic heterocycles. The maximum absolute atomic E-state index is 10.6. The van der Waals surface area contributed by atoms with Crippen molar-refractivity contribution in [3.63, 3.8) is 0 Å². The third kappa shape index (κ3) is 0.439. The van der Waals surface area contributed by atoms with Gasteiger partial charge in [-0.25, -0.2) is 6.56 Å². The van der Waals surface area contributed by atoms with E-state index in [2.05, 4.69) is 6.56 Å². The summed E-state index contributed by atoms with van der Waals surface area (Å²) in [7, 11) is 0. The number of β-lactam (4-membered cyclic amide) rings is 1. The molecule has 0 aromatic heterocycles. The lowest BCUT2D eigenvalue weighted by atomic mass is 10.1. The van der Waals surface area contributed by atoms with E-state index in [4.69, 9.17) is 0 Å². The van der Waals surface area contributed by atoms with Crippen molar-refractivity contribution in [2.24, 2.45) is 0 Å². The van der Waals surface area contributed by atoms with Crippen molar-refractivity contribution in [3.05, 3.63) is 0 Å². The highest BCUT2D eigenvalue weighted by molar-refractivity contribution is 8.23. The smallest absolute Gasteiger partial charge is 0.223 e. The second kappa shape index (κ2) is 1.44. The van der Waals surface area contributed by atoms with Crippen LogP contribution in [-0.2, 0) is 4.79 Å². The predicted molar refractivity (Wildman–Crippen MR) is 33.5 cm³/mol. The molecule has 1 atom stereocenters. The van der Waals surface area contributed by atoms with Gasteiger partial charge in [0, 0.05) is 5.37 Å². The van der Waals surface area contributed by atoms with Crippen LogP contribution < -0.4 is 0 Å². The van der Waals surface area contributed by atoms with Gasteiger partial charge in [-0.15, -0.1) is 0 Å². The molecule has 0 unspecified atom stereocenters. The number of rotatable bonds is 0. The summed E-state index contributed by atoms with van der Waals surface area (Å²) in [5.41, 5.74) is 0. The summed E-state index contributed by atoms with van der Waals surface area (Å²) in [4.78, 5) is 12.5. The van der Waals surface area contributed by atoms with Crippen LogP contribution in [-0.4, -0.2) is 29.2 Å². The maximum atomic E-state index is 10.6. The fourth-order valence-corrected chi connectivity index (χ4v) is 2.06. The summed E-state index contributed by atoms with van der Waals surface area (Å²) in [6.07, 6.45) is 1.63. The van der Waals surface area contributed by atoms with Crippen LogP contribution in [0.3, 0.4) is 0 Å². The molecule has 0 aliphatic carbocycles. The van der Waals surface area contributed by atoms with E-state index in [9.17, 15) is 4.79 Å². The van der Waals surface area contributed by atoms with Crippen molar-refractivity contribution >= 4 is 24.1 Å². The Balaban J connectivity index is 2.11. The molecule has 2 nitrogen and oxygen atoms in total. The molecule has 0 aromatic carbocycles. The lowest BCUT2D eigenvalue weighted by Gasteiger charge is -2.38.